The Bertz CT molecular complexity index is 341. The highest BCUT2D eigenvalue weighted by molar-refractivity contribution is 5.83. The molecule has 0 atom stereocenters. The first-order chi connectivity index (χ1) is 11.3. The third kappa shape index (κ3) is 15.8. The molecule has 3 nitrogen and oxygen atoms in total. The maximum Gasteiger partial charge on any atom is 0.449 e. The standard InChI is InChI=1S/C18H31F3O3/c19-18(20,21)16(22)14-12-10-8-6-4-2-1-3-5-7-9-11-13-15-17(23)24/h1-15H2,(H,23,24). The number of carbonyl (C=O) groups excluding carboxylic acids is 1. The van der Waals surface area contributed by atoms with Crippen LogP contribution in [0, 0.1) is 0 Å². The lowest BCUT2D eigenvalue weighted by molar-refractivity contribution is -0.171. The Balaban J connectivity index is 3.15. The van der Waals surface area contributed by atoms with Gasteiger partial charge in [0.2, 0.25) is 5.78 Å². The topological polar surface area (TPSA) is 54.4 Å². The van der Waals surface area contributed by atoms with Crippen LogP contribution in [-0.2, 0) is 9.59 Å². The Hall–Kier alpha value is -1.07. The van der Waals surface area contributed by atoms with Crippen LogP contribution in [0.2, 0.25) is 0 Å². The first-order valence-electron chi connectivity index (χ1n) is 9.16. The summed E-state index contributed by atoms with van der Waals surface area (Å²) in [5, 5.41) is 8.50. The number of Topliss-reactive ketones (excluding diaryl/α,β-unsaturated/α-hetero) is 1. The van der Waals surface area contributed by atoms with E-state index in [1.54, 1.807) is 0 Å². The number of aliphatic carboxylic acids is 1. The highest BCUT2D eigenvalue weighted by atomic mass is 19.4. The maximum absolute atomic E-state index is 12.0. The van der Waals surface area contributed by atoms with Gasteiger partial charge in [-0.05, 0) is 12.8 Å². The number of unbranched alkanes of at least 4 members (excludes halogenated alkanes) is 12. The lowest BCUT2D eigenvalue weighted by atomic mass is 10.0. The zero-order valence-electron chi connectivity index (χ0n) is 14.5. The number of hydrogen-bond donors (Lipinski definition) is 1. The molecule has 0 fully saturated rings. The van der Waals surface area contributed by atoms with Gasteiger partial charge < -0.3 is 5.11 Å². The van der Waals surface area contributed by atoms with Crippen molar-refractivity contribution in [3.05, 3.63) is 0 Å². The largest absolute Gasteiger partial charge is 0.481 e. The second-order valence-corrected chi connectivity index (χ2v) is 6.41. The Morgan fingerprint density at radius 2 is 0.875 bits per heavy atom. The number of alkyl halides is 3. The molecule has 0 saturated carbocycles. The average Bonchev–Trinajstić information content (AvgIpc) is 2.49. The van der Waals surface area contributed by atoms with Crippen LogP contribution in [0.3, 0.4) is 0 Å². The molecule has 0 aromatic carbocycles. The number of carbonyl (C=O) groups is 2. The normalized spacial score (nSPS) is 11.6. The van der Waals surface area contributed by atoms with Gasteiger partial charge in [0, 0.05) is 12.8 Å². The van der Waals surface area contributed by atoms with Crippen LogP contribution in [0.5, 0.6) is 0 Å². The first-order valence-corrected chi connectivity index (χ1v) is 9.16. The van der Waals surface area contributed by atoms with Gasteiger partial charge in [0.15, 0.2) is 0 Å². The van der Waals surface area contributed by atoms with Crippen LogP contribution in [0.15, 0.2) is 0 Å². The van der Waals surface area contributed by atoms with E-state index in [1.807, 2.05) is 0 Å². The molecule has 0 rings (SSSR count). The zero-order valence-corrected chi connectivity index (χ0v) is 14.5. The Labute approximate surface area is 143 Å². The Morgan fingerprint density at radius 3 is 1.17 bits per heavy atom. The molecule has 0 aliphatic rings. The molecule has 0 spiro atoms. The van der Waals surface area contributed by atoms with Gasteiger partial charge in [-0.2, -0.15) is 13.2 Å². The van der Waals surface area contributed by atoms with Gasteiger partial charge in [0.05, 0.1) is 0 Å². The van der Waals surface area contributed by atoms with Crippen LogP contribution >= 0.6 is 0 Å². The molecule has 142 valence electrons. The molecule has 0 amide bonds. The number of carboxylic acids is 1. The van der Waals surface area contributed by atoms with Crippen molar-refractivity contribution >= 4 is 11.8 Å². The van der Waals surface area contributed by atoms with Crippen LogP contribution in [0.1, 0.15) is 96.3 Å². The highest BCUT2D eigenvalue weighted by Crippen LogP contribution is 2.20. The summed E-state index contributed by atoms with van der Waals surface area (Å²) in [6, 6.07) is 0. The van der Waals surface area contributed by atoms with Crippen molar-refractivity contribution in [2.45, 2.75) is 102 Å². The van der Waals surface area contributed by atoms with Gasteiger partial charge in [-0.15, -0.1) is 0 Å². The van der Waals surface area contributed by atoms with Crippen LogP contribution in [0.25, 0.3) is 0 Å². The average molecular weight is 352 g/mol. The predicted octanol–water partition coefficient (Wildman–Crippen LogP) is 6.05. The molecule has 0 heterocycles. The van der Waals surface area contributed by atoms with Crippen molar-refractivity contribution in [3.63, 3.8) is 0 Å². The molecular formula is C18H31F3O3. The predicted molar refractivity (Wildman–Crippen MR) is 88.0 cm³/mol. The molecular weight excluding hydrogens is 321 g/mol. The van der Waals surface area contributed by atoms with Crippen molar-refractivity contribution in [2.75, 3.05) is 0 Å². The van der Waals surface area contributed by atoms with Crippen molar-refractivity contribution in [3.8, 4) is 0 Å². The van der Waals surface area contributed by atoms with Crippen molar-refractivity contribution < 1.29 is 27.9 Å². The molecule has 6 heteroatoms. The minimum atomic E-state index is -4.67. The molecule has 0 aliphatic carbocycles. The van der Waals surface area contributed by atoms with E-state index in [0.717, 1.165) is 51.4 Å². The SMILES string of the molecule is O=C(O)CCCCCCCCCCCCCCCC(=O)C(F)(F)F. The van der Waals surface area contributed by atoms with Gasteiger partial charge >= 0.3 is 12.1 Å². The summed E-state index contributed by atoms with van der Waals surface area (Å²) in [5.74, 6) is -2.33. The molecule has 0 unspecified atom stereocenters. The summed E-state index contributed by atoms with van der Waals surface area (Å²) in [6.07, 6.45) is 8.00. The molecule has 0 aliphatic heterocycles. The summed E-state index contributed by atoms with van der Waals surface area (Å²) in [5.41, 5.74) is 0. The number of rotatable bonds is 16. The van der Waals surface area contributed by atoms with Gasteiger partial charge in [0.1, 0.15) is 0 Å². The number of halogens is 3. The lowest BCUT2D eigenvalue weighted by Crippen LogP contribution is -2.22. The molecule has 0 saturated heterocycles. The van der Waals surface area contributed by atoms with E-state index in [4.69, 9.17) is 5.11 Å². The fourth-order valence-electron chi connectivity index (χ4n) is 2.65. The molecule has 0 bridgehead atoms. The molecule has 0 aromatic heterocycles. The van der Waals surface area contributed by atoms with E-state index < -0.39 is 17.9 Å². The summed E-state index contributed by atoms with van der Waals surface area (Å²) in [6.45, 7) is 0. The summed E-state index contributed by atoms with van der Waals surface area (Å²) in [7, 11) is 0. The summed E-state index contributed by atoms with van der Waals surface area (Å²) >= 11 is 0. The second kappa shape index (κ2) is 14.3. The van der Waals surface area contributed by atoms with Gasteiger partial charge in [-0.25, -0.2) is 0 Å². The maximum atomic E-state index is 12.0. The van der Waals surface area contributed by atoms with E-state index in [-0.39, 0.29) is 12.8 Å². The summed E-state index contributed by atoms with van der Waals surface area (Å²) in [4.78, 5) is 21.0. The smallest absolute Gasteiger partial charge is 0.449 e. The minimum Gasteiger partial charge on any atom is -0.481 e. The second-order valence-electron chi connectivity index (χ2n) is 6.41. The third-order valence-corrected chi connectivity index (χ3v) is 4.11. The van der Waals surface area contributed by atoms with E-state index in [0.29, 0.717) is 12.8 Å². The van der Waals surface area contributed by atoms with Crippen LogP contribution < -0.4 is 0 Å². The monoisotopic (exact) mass is 352 g/mol. The fourth-order valence-corrected chi connectivity index (χ4v) is 2.65. The highest BCUT2D eigenvalue weighted by Gasteiger charge is 2.36. The van der Waals surface area contributed by atoms with E-state index >= 15 is 0 Å². The van der Waals surface area contributed by atoms with Crippen molar-refractivity contribution in [2.24, 2.45) is 0 Å². The van der Waals surface area contributed by atoms with Crippen LogP contribution in [-0.4, -0.2) is 23.0 Å². The van der Waals surface area contributed by atoms with Gasteiger partial charge in [-0.3, -0.25) is 9.59 Å². The fraction of sp³-hybridized carbons (Fsp3) is 0.889. The molecule has 0 aromatic rings. The summed E-state index contributed by atoms with van der Waals surface area (Å²) < 4.78 is 35.9. The third-order valence-electron chi connectivity index (χ3n) is 4.11. The molecule has 0 radical (unpaired) electrons. The van der Waals surface area contributed by atoms with Crippen LogP contribution in [0.4, 0.5) is 13.2 Å². The minimum absolute atomic E-state index is 0.268. The molecule has 24 heavy (non-hydrogen) atoms. The van der Waals surface area contributed by atoms with Gasteiger partial charge in [-0.1, -0.05) is 70.6 Å². The Morgan fingerprint density at radius 1 is 0.583 bits per heavy atom. The zero-order chi connectivity index (χ0) is 18.3. The Kier molecular flexibility index (Phi) is 13.7. The van der Waals surface area contributed by atoms with Gasteiger partial charge in [0.25, 0.3) is 0 Å². The lowest BCUT2D eigenvalue weighted by Gasteiger charge is -2.05. The van der Waals surface area contributed by atoms with E-state index in [9.17, 15) is 22.8 Å². The quantitative estimate of drug-likeness (QED) is 0.344. The van der Waals surface area contributed by atoms with E-state index in [2.05, 4.69) is 0 Å². The number of carboxylic acid groups (broad SMARTS) is 1. The number of hydrogen-bond acceptors (Lipinski definition) is 2. The molecule has 1 N–H and O–H groups in total. The first kappa shape index (κ1) is 22.9. The van der Waals surface area contributed by atoms with Crippen molar-refractivity contribution in [1.29, 1.82) is 0 Å². The number of ketones is 1. The van der Waals surface area contributed by atoms with Crippen molar-refractivity contribution in [1.82, 2.24) is 0 Å². The van der Waals surface area contributed by atoms with E-state index in [1.165, 1.54) is 19.3 Å².